The Morgan fingerprint density at radius 1 is 1.59 bits per heavy atom. The Hall–Kier alpha value is -1.07. The topological polar surface area (TPSA) is 42.3 Å². The molecule has 5 heteroatoms. The van der Waals surface area contributed by atoms with E-state index in [1.165, 1.54) is 19.4 Å². The van der Waals surface area contributed by atoms with Crippen LogP contribution < -0.4 is 5.32 Å². The zero-order valence-electron chi connectivity index (χ0n) is 10.3. The molecule has 1 aromatic rings. The average Bonchev–Trinajstić information content (AvgIpc) is 2.94. The SMILES string of the molecule is Cn1ccnc1NCC1CN2CCCC2CO1. The third-order valence-electron chi connectivity index (χ3n) is 3.77. The van der Waals surface area contributed by atoms with Crippen molar-refractivity contribution in [3.05, 3.63) is 12.4 Å². The first-order valence-electron chi connectivity index (χ1n) is 6.40. The van der Waals surface area contributed by atoms with Crippen molar-refractivity contribution in [3.63, 3.8) is 0 Å². The zero-order chi connectivity index (χ0) is 11.7. The fraction of sp³-hybridized carbons (Fsp3) is 0.750. The lowest BCUT2D eigenvalue weighted by molar-refractivity contribution is -0.0416. The molecule has 2 fully saturated rings. The largest absolute Gasteiger partial charge is 0.373 e. The fourth-order valence-electron chi connectivity index (χ4n) is 2.75. The van der Waals surface area contributed by atoms with Crippen molar-refractivity contribution in [2.24, 2.45) is 7.05 Å². The second-order valence-corrected chi connectivity index (χ2v) is 4.99. The predicted molar refractivity (Wildman–Crippen MR) is 66.0 cm³/mol. The van der Waals surface area contributed by atoms with Crippen molar-refractivity contribution in [2.45, 2.75) is 25.0 Å². The normalized spacial score (nSPS) is 29.2. The Morgan fingerprint density at radius 2 is 2.53 bits per heavy atom. The number of rotatable bonds is 3. The van der Waals surface area contributed by atoms with Gasteiger partial charge < -0.3 is 14.6 Å². The van der Waals surface area contributed by atoms with E-state index in [9.17, 15) is 0 Å². The Labute approximate surface area is 102 Å². The van der Waals surface area contributed by atoms with E-state index in [0.29, 0.717) is 12.1 Å². The first-order chi connectivity index (χ1) is 8.33. The van der Waals surface area contributed by atoms with Crippen LogP contribution in [0.25, 0.3) is 0 Å². The number of hydrogen-bond donors (Lipinski definition) is 1. The van der Waals surface area contributed by atoms with Gasteiger partial charge in [-0.05, 0) is 19.4 Å². The number of nitrogens with one attached hydrogen (secondary N) is 1. The maximum absolute atomic E-state index is 5.89. The Kier molecular flexibility index (Phi) is 3.03. The number of fused-ring (bicyclic) bond motifs is 1. The third-order valence-corrected chi connectivity index (χ3v) is 3.77. The first-order valence-corrected chi connectivity index (χ1v) is 6.40. The van der Waals surface area contributed by atoms with Crippen molar-refractivity contribution in [2.75, 3.05) is 31.6 Å². The zero-order valence-corrected chi connectivity index (χ0v) is 10.3. The number of nitrogens with zero attached hydrogens (tertiary/aromatic N) is 3. The van der Waals surface area contributed by atoms with Crippen LogP contribution in [0.4, 0.5) is 5.95 Å². The van der Waals surface area contributed by atoms with Gasteiger partial charge in [-0.25, -0.2) is 4.98 Å². The van der Waals surface area contributed by atoms with E-state index >= 15 is 0 Å². The van der Waals surface area contributed by atoms with Crippen molar-refractivity contribution in [1.29, 1.82) is 0 Å². The van der Waals surface area contributed by atoms with Gasteiger partial charge in [-0.3, -0.25) is 4.90 Å². The molecule has 2 unspecified atom stereocenters. The lowest BCUT2D eigenvalue weighted by Gasteiger charge is -2.35. The molecule has 3 rings (SSSR count). The van der Waals surface area contributed by atoms with Crippen LogP contribution in [-0.4, -0.2) is 52.8 Å². The molecule has 0 amide bonds. The highest BCUT2D eigenvalue weighted by Crippen LogP contribution is 2.22. The van der Waals surface area contributed by atoms with Crippen LogP contribution in [0.5, 0.6) is 0 Å². The number of morpholine rings is 1. The first kappa shape index (κ1) is 11.0. The summed E-state index contributed by atoms with van der Waals surface area (Å²) in [6, 6.07) is 0.680. The molecule has 0 saturated carbocycles. The number of aryl methyl sites for hydroxylation is 1. The van der Waals surface area contributed by atoms with Gasteiger partial charge in [0, 0.05) is 38.6 Å². The summed E-state index contributed by atoms with van der Waals surface area (Å²) >= 11 is 0. The van der Waals surface area contributed by atoms with E-state index in [2.05, 4.69) is 15.2 Å². The molecule has 17 heavy (non-hydrogen) atoms. The van der Waals surface area contributed by atoms with E-state index in [1.54, 1.807) is 6.20 Å². The Bertz CT molecular complexity index is 378. The highest BCUT2D eigenvalue weighted by molar-refractivity contribution is 5.25. The fourth-order valence-corrected chi connectivity index (χ4v) is 2.75. The van der Waals surface area contributed by atoms with Crippen LogP contribution in [0.2, 0.25) is 0 Å². The molecule has 2 saturated heterocycles. The number of anilines is 1. The summed E-state index contributed by atoms with van der Waals surface area (Å²) in [6.45, 7) is 4.04. The van der Waals surface area contributed by atoms with Gasteiger partial charge in [0.2, 0.25) is 5.95 Å². The summed E-state index contributed by atoms with van der Waals surface area (Å²) in [6.07, 6.45) is 6.68. The summed E-state index contributed by atoms with van der Waals surface area (Å²) in [4.78, 5) is 6.81. The highest BCUT2D eigenvalue weighted by Gasteiger charge is 2.31. The molecule has 1 N–H and O–H groups in total. The number of ether oxygens (including phenoxy) is 1. The van der Waals surface area contributed by atoms with Crippen molar-refractivity contribution < 1.29 is 4.74 Å². The lowest BCUT2D eigenvalue weighted by atomic mass is 10.2. The van der Waals surface area contributed by atoms with E-state index in [0.717, 1.165) is 25.6 Å². The minimum absolute atomic E-state index is 0.293. The third kappa shape index (κ3) is 2.30. The molecule has 2 atom stereocenters. The van der Waals surface area contributed by atoms with Gasteiger partial charge in [-0.1, -0.05) is 0 Å². The Balaban J connectivity index is 1.51. The molecule has 0 bridgehead atoms. The van der Waals surface area contributed by atoms with Gasteiger partial charge >= 0.3 is 0 Å². The van der Waals surface area contributed by atoms with Crippen molar-refractivity contribution in [3.8, 4) is 0 Å². The van der Waals surface area contributed by atoms with Crippen LogP contribution >= 0.6 is 0 Å². The maximum Gasteiger partial charge on any atom is 0.202 e. The van der Waals surface area contributed by atoms with Crippen molar-refractivity contribution in [1.82, 2.24) is 14.5 Å². The van der Waals surface area contributed by atoms with Crippen LogP contribution in [-0.2, 0) is 11.8 Å². The minimum Gasteiger partial charge on any atom is -0.373 e. The molecule has 2 aliphatic heterocycles. The van der Waals surface area contributed by atoms with Gasteiger partial charge in [0.05, 0.1) is 12.7 Å². The quantitative estimate of drug-likeness (QED) is 0.838. The number of aromatic nitrogens is 2. The van der Waals surface area contributed by atoms with Gasteiger partial charge in [0.1, 0.15) is 0 Å². The summed E-state index contributed by atoms with van der Waals surface area (Å²) in [7, 11) is 1.99. The molecular formula is C12H20N4O. The number of imidazole rings is 1. The molecule has 0 aromatic carbocycles. The summed E-state index contributed by atoms with van der Waals surface area (Å²) < 4.78 is 7.88. The summed E-state index contributed by atoms with van der Waals surface area (Å²) in [5.74, 6) is 0.914. The van der Waals surface area contributed by atoms with Gasteiger partial charge in [0.25, 0.3) is 0 Å². The molecule has 1 aromatic heterocycles. The maximum atomic E-state index is 5.89. The summed E-state index contributed by atoms with van der Waals surface area (Å²) in [5.41, 5.74) is 0. The highest BCUT2D eigenvalue weighted by atomic mass is 16.5. The van der Waals surface area contributed by atoms with Crippen molar-refractivity contribution >= 4 is 5.95 Å². The van der Waals surface area contributed by atoms with E-state index in [1.807, 2.05) is 17.8 Å². The Morgan fingerprint density at radius 3 is 3.35 bits per heavy atom. The van der Waals surface area contributed by atoms with Gasteiger partial charge in [0.15, 0.2) is 0 Å². The molecular weight excluding hydrogens is 216 g/mol. The molecule has 5 nitrogen and oxygen atoms in total. The second kappa shape index (κ2) is 4.66. The summed E-state index contributed by atoms with van der Waals surface area (Å²) in [5, 5.41) is 3.34. The van der Waals surface area contributed by atoms with Crippen LogP contribution in [0.1, 0.15) is 12.8 Å². The molecule has 0 spiro atoms. The van der Waals surface area contributed by atoms with Crippen LogP contribution in [0.15, 0.2) is 12.4 Å². The monoisotopic (exact) mass is 236 g/mol. The number of hydrogen-bond acceptors (Lipinski definition) is 4. The smallest absolute Gasteiger partial charge is 0.202 e. The molecule has 0 aliphatic carbocycles. The molecule has 94 valence electrons. The van der Waals surface area contributed by atoms with E-state index < -0.39 is 0 Å². The van der Waals surface area contributed by atoms with Crippen LogP contribution in [0.3, 0.4) is 0 Å². The molecule has 3 heterocycles. The predicted octanol–water partition coefficient (Wildman–Crippen LogP) is 0.695. The van der Waals surface area contributed by atoms with Gasteiger partial charge in [-0.2, -0.15) is 0 Å². The van der Waals surface area contributed by atoms with Gasteiger partial charge in [-0.15, -0.1) is 0 Å². The van der Waals surface area contributed by atoms with Crippen LogP contribution in [0, 0.1) is 0 Å². The standard InChI is InChI=1S/C12H20N4O/c1-15-6-4-13-12(15)14-7-11-8-16-5-2-3-10(16)9-17-11/h4,6,10-11H,2-3,5,7-9H2,1H3,(H,13,14). The molecule has 0 radical (unpaired) electrons. The second-order valence-electron chi connectivity index (χ2n) is 4.99. The lowest BCUT2D eigenvalue weighted by Crippen LogP contribution is -2.48. The minimum atomic E-state index is 0.293. The van der Waals surface area contributed by atoms with E-state index in [4.69, 9.17) is 4.74 Å². The molecule has 2 aliphatic rings. The average molecular weight is 236 g/mol. The van der Waals surface area contributed by atoms with E-state index in [-0.39, 0.29) is 0 Å².